The van der Waals surface area contributed by atoms with Gasteiger partial charge in [0.15, 0.2) is 0 Å². The molecule has 2 N–H and O–H groups in total. The van der Waals surface area contributed by atoms with Gasteiger partial charge in [0.25, 0.3) is 11.7 Å². The molecule has 2 saturated heterocycles. The predicted octanol–water partition coefficient (Wildman–Crippen LogP) is 4.14. The number of aliphatic hydroxyl groups is 1. The molecule has 192 valence electrons. The highest BCUT2D eigenvalue weighted by Gasteiger charge is 2.46. The molecule has 2 fully saturated rings. The fourth-order valence-corrected chi connectivity index (χ4v) is 4.90. The Morgan fingerprint density at radius 3 is 2.33 bits per heavy atom. The van der Waals surface area contributed by atoms with Crippen LogP contribution in [0.5, 0.6) is 5.75 Å². The van der Waals surface area contributed by atoms with Gasteiger partial charge in [0.2, 0.25) is 0 Å². The van der Waals surface area contributed by atoms with Crippen LogP contribution in [0.15, 0.2) is 48.0 Å². The number of aromatic hydroxyl groups is 1. The van der Waals surface area contributed by atoms with Gasteiger partial charge in [-0.2, -0.15) is 0 Å². The van der Waals surface area contributed by atoms with Crippen molar-refractivity contribution in [3.8, 4) is 5.75 Å². The molecule has 36 heavy (non-hydrogen) atoms. The lowest BCUT2D eigenvalue weighted by Crippen LogP contribution is -2.39. The van der Waals surface area contributed by atoms with Crippen LogP contribution in [0.25, 0.3) is 5.76 Å². The number of amides is 1. The number of ether oxygens (including phenoxy) is 1. The Morgan fingerprint density at radius 2 is 1.69 bits per heavy atom. The van der Waals surface area contributed by atoms with Crippen LogP contribution in [0.3, 0.4) is 0 Å². The molecule has 1 atom stereocenters. The molecule has 2 heterocycles. The van der Waals surface area contributed by atoms with Crippen molar-refractivity contribution in [2.75, 3.05) is 39.4 Å². The van der Waals surface area contributed by atoms with Crippen molar-refractivity contribution in [3.05, 3.63) is 70.3 Å². The molecule has 1 amide bonds. The maximum atomic E-state index is 13.3. The summed E-state index contributed by atoms with van der Waals surface area (Å²) >= 11 is 0. The van der Waals surface area contributed by atoms with Gasteiger partial charge in [-0.1, -0.05) is 56.7 Å². The maximum absolute atomic E-state index is 13.3. The molecular formula is C29H36N2O5. The van der Waals surface area contributed by atoms with Crippen molar-refractivity contribution in [1.29, 1.82) is 0 Å². The minimum absolute atomic E-state index is 0.00998. The molecule has 0 saturated carbocycles. The van der Waals surface area contributed by atoms with E-state index in [2.05, 4.69) is 25.7 Å². The lowest BCUT2D eigenvalue weighted by atomic mass is 9.85. The number of phenolic OH excluding ortho intramolecular Hbond substituents is 1. The highest BCUT2D eigenvalue weighted by molar-refractivity contribution is 6.46. The minimum atomic E-state index is -0.733. The zero-order chi connectivity index (χ0) is 26.0. The van der Waals surface area contributed by atoms with Crippen LogP contribution < -0.4 is 0 Å². The van der Waals surface area contributed by atoms with Gasteiger partial charge in [-0.05, 0) is 42.0 Å². The highest BCUT2D eigenvalue weighted by Crippen LogP contribution is 2.41. The molecule has 7 heteroatoms. The van der Waals surface area contributed by atoms with Crippen LogP contribution in [0.4, 0.5) is 0 Å². The second kappa shape index (κ2) is 10.4. The first kappa shape index (κ1) is 25.9. The number of carbonyl (C=O) groups is 2. The van der Waals surface area contributed by atoms with Gasteiger partial charge in [0.05, 0.1) is 30.4 Å². The number of morpholine rings is 1. The van der Waals surface area contributed by atoms with E-state index in [-0.39, 0.29) is 28.1 Å². The molecule has 2 aromatic carbocycles. The number of hydrogen-bond donors (Lipinski definition) is 2. The Hall–Kier alpha value is -3.16. The summed E-state index contributed by atoms with van der Waals surface area (Å²) in [6.45, 7) is 12.5. The average Bonchev–Trinajstić information content (AvgIpc) is 3.10. The maximum Gasteiger partial charge on any atom is 0.295 e. The van der Waals surface area contributed by atoms with E-state index >= 15 is 0 Å². The highest BCUT2D eigenvalue weighted by atomic mass is 16.5. The number of likely N-dealkylation sites (tertiary alicyclic amines) is 1. The molecule has 2 aliphatic heterocycles. The first-order chi connectivity index (χ1) is 17.1. The number of aryl methyl sites for hydroxylation is 1. The summed E-state index contributed by atoms with van der Waals surface area (Å²) < 4.78 is 5.41. The van der Waals surface area contributed by atoms with Crippen LogP contribution in [0, 0.1) is 6.92 Å². The number of rotatable bonds is 6. The molecule has 7 nitrogen and oxygen atoms in total. The zero-order valence-corrected chi connectivity index (χ0v) is 21.6. The lowest BCUT2D eigenvalue weighted by Gasteiger charge is -2.29. The Labute approximate surface area is 213 Å². The van der Waals surface area contributed by atoms with E-state index in [4.69, 9.17) is 4.74 Å². The van der Waals surface area contributed by atoms with E-state index in [1.807, 2.05) is 31.2 Å². The van der Waals surface area contributed by atoms with Crippen LogP contribution in [-0.4, -0.2) is 71.1 Å². The molecule has 1 unspecified atom stereocenters. The Morgan fingerprint density at radius 1 is 1.03 bits per heavy atom. The summed E-state index contributed by atoms with van der Waals surface area (Å²) in [5.74, 6) is -1.85. The van der Waals surface area contributed by atoms with E-state index in [1.54, 1.807) is 17.0 Å². The first-order valence-corrected chi connectivity index (χ1v) is 12.6. The number of phenols is 1. The summed E-state index contributed by atoms with van der Waals surface area (Å²) in [5.41, 5.74) is 2.81. The molecule has 0 radical (unpaired) electrons. The number of ketones is 1. The Kier molecular flexibility index (Phi) is 7.52. The molecule has 0 aliphatic carbocycles. The second-order valence-electron chi connectivity index (χ2n) is 10.7. The number of benzene rings is 2. The lowest BCUT2D eigenvalue weighted by molar-refractivity contribution is -0.140. The molecule has 2 aliphatic rings. The smallest absolute Gasteiger partial charge is 0.295 e. The van der Waals surface area contributed by atoms with Gasteiger partial charge in [0.1, 0.15) is 11.5 Å². The SMILES string of the molecule is Cc1ccc(O)c(/C(O)=C2\C(=O)C(=O)N(CCCN3CCOCC3)C2c2ccc(C(C)(C)C)cc2)c1. The van der Waals surface area contributed by atoms with Crippen molar-refractivity contribution in [2.45, 2.75) is 45.6 Å². The largest absolute Gasteiger partial charge is 0.507 e. The topological polar surface area (TPSA) is 90.3 Å². The summed E-state index contributed by atoms with van der Waals surface area (Å²) in [6, 6.07) is 12.0. The van der Waals surface area contributed by atoms with E-state index in [1.165, 1.54) is 6.07 Å². The minimum Gasteiger partial charge on any atom is -0.507 e. The molecule has 0 bridgehead atoms. The molecule has 0 spiro atoms. The van der Waals surface area contributed by atoms with Crippen molar-refractivity contribution in [1.82, 2.24) is 9.80 Å². The molecular weight excluding hydrogens is 456 g/mol. The van der Waals surface area contributed by atoms with Crippen LogP contribution >= 0.6 is 0 Å². The monoisotopic (exact) mass is 492 g/mol. The summed E-state index contributed by atoms with van der Waals surface area (Å²) in [7, 11) is 0. The third kappa shape index (κ3) is 5.32. The Bertz CT molecular complexity index is 1160. The van der Waals surface area contributed by atoms with Crippen LogP contribution in [0.2, 0.25) is 0 Å². The van der Waals surface area contributed by atoms with Gasteiger partial charge < -0.3 is 19.8 Å². The van der Waals surface area contributed by atoms with Crippen molar-refractivity contribution in [3.63, 3.8) is 0 Å². The van der Waals surface area contributed by atoms with Crippen LogP contribution in [0.1, 0.15) is 55.5 Å². The predicted molar refractivity (Wildman–Crippen MR) is 139 cm³/mol. The zero-order valence-electron chi connectivity index (χ0n) is 21.6. The quantitative estimate of drug-likeness (QED) is 0.358. The van der Waals surface area contributed by atoms with E-state index in [9.17, 15) is 19.8 Å². The van der Waals surface area contributed by atoms with Gasteiger partial charge in [-0.3, -0.25) is 14.5 Å². The molecule has 2 aromatic rings. The van der Waals surface area contributed by atoms with Crippen LogP contribution in [-0.2, 0) is 19.7 Å². The summed E-state index contributed by atoms with van der Waals surface area (Å²) in [4.78, 5) is 30.4. The number of hydrogen-bond acceptors (Lipinski definition) is 6. The van der Waals surface area contributed by atoms with Gasteiger partial charge in [0, 0.05) is 26.2 Å². The fourth-order valence-electron chi connectivity index (χ4n) is 4.90. The summed E-state index contributed by atoms with van der Waals surface area (Å²) in [6.07, 6.45) is 0.694. The molecule has 0 aromatic heterocycles. The normalized spacial score (nSPS) is 20.8. The summed E-state index contributed by atoms with van der Waals surface area (Å²) in [5, 5.41) is 21.7. The third-order valence-electron chi connectivity index (χ3n) is 7.02. The van der Waals surface area contributed by atoms with E-state index < -0.39 is 17.7 Å². The van der Waals surface area contributed by atoms with Gasteiger partial charge in [-0.25, -0.2) is 0 Å². The average molecular weight is 493 g/mol. The fraction of sp³-hybridized carbons (Fsp3) is 0.448. The number of carbonyl (C=O) groups excluding carboxylic acids is 2. The molecule has 4 rings (SSSR count). The van der Waals surface area contributed by atoms with E-state index in [0.29, 0.717) is 26.2 Å². The van der Waals surface area contributed by atoms with Crippen molar-refractivity contribution in [2.24, 2.45) is 0 Å². The van der Waals surface area contributed by atoms with Gasteiger partial charge >= 0.3 is 0 Å². The number of aliphatic hydroxyl groups excluding tert-OH is 1. The number of nitrogens with zero attached hydrogens (tertiary/aromatic N) is 2. The third-order valence-corrected chi connectivity index (χ3v) is 7.02. The standard InChI is InChI=1S/C29H36N2O5/c1-19-6-11-23(32)22(18-19)26(33)24-25(20-7-9-21(10-8-20)29(2,3)4)31(28(35)27(24)34)13-5-12-30-14-16-36-17-15-30/h6-11,18,25,32-33H,5,12-17H2,1-4H3/b26-24+. The Balaban J connectivity index is 1.72. The van der Waals surface area contributed by atoms with Crippen molar-refractivity contribution >= 4 is 17.4 Å². The number of Topliss-reactive ketones (excluding diaryl/α,β-unsaturated/α-hetero) is 1. The second-order valence-corrected chi connectivity index (χ2v) is 10.7. The van der Waals surface area contributed by atoms with Crippen molar-refractivity contribution < 1.29 is 24.5 Å². The van der Waals surface area contributed by atoms with Gasteiger partial charge in [-0.15, -0.1) is 0 Å². The first-order valence-electron chi connectivity index (χ1n) is 12.6. The van der Waals surface area contributed by atoms with E-state index in [0.717, 1.165) is 36.3 Å².